The molecule has 0 radical (unpaired) electrons. The van der Waals surface area contributed by atoms with Crippen LogP contribution in [-0.2, 0) is 23.1 Å². The Morgan fingerprint density at radius 2 is 1.95 bits per heavy atom. The molecule has 0 spiro atoms. The summed E-state index contributed by atoms with van der Waals surface area (Å²) in [5.41, 5.74) is 5.69. The quantitative estimate of drug-likeness (QED) is 0.339. The van der Waals surface area contributed by atoms with Crippen molar-refractivity contribution in [1.82, 2.24) is 14.3 Å². The Balaban J connectivity index is 1.69. The molecule has 0 N–H and O–H groups in total. The zero-order valence-corrected chi connectivity index (χ0v) is 22.2. The molecular formula is C30H32N4O4. The zero-order valence-electron chi connectivity index (χ0n) is 22.2. The SMILES string of the molecule is COc1ccc(Cn2ncc3c(-c4ccc(C)c(C)c4)c(C(C#N)OC4CCCCO4)n(C)c(=O)c32)cc1. The summed E-state index contributed by atoms with van der Waals surface area (Å²) in [6, 6.07) is 16.2. The van der Waals surface area contributed by atoms with E-state index in [0.717, 1.165) is 46.4 Å². The second-order valence-electron chi connectivity index (χ2n) is 9.78. The van der Waals surface area contributed by atoms with E-state index in [-0.39, 0.29) is 5.56 Å². The number of benzene rings is 2. The monoisotopic (exact) mass is 512 g/mol. The van der Waals surface area contributed by atoms with E-state index in [1.807, 2.05) is 30.3 Å². The lowest BCUT2D eigenvalue weighted by Crippen LogP contribution is -2.29. The minimum atomic E-state index is -0.984. The molecule has 0 bridgehead atoms. The number of hydrogen-bond acceptors (Lipinski definition) is 6. The molecule has 3 heterocycles. The second kappa shape index (κ2) is 10.8. The van der Waals surface area contributed by atoms with Crippen LogP contribution in [0.3, 0.4) is 0 Å². The van der Waals surface area contributed by atoms with Crippen molar-refractivity contribution in [2.45, 2.75) is 52.0 Å². The first-order valence-corrected chi connectivity index (χ1v) is 12.9. The highest BCUT2D eigenvalue weighted by molar-refractivity contribution is 5.96. The normalized spacial score (nSPS) is 16.3. The number of hydrogen-bond donors (Lipinski definition) is 0. The van der Waals surface area contributed by atoms with E-state index in [1.165, 1.54) is 4.57 Å². The Morgan fingerprint density at radius 3 is 2.61 bits per heavy atom. The number of ether oxygens (including phenoxy) is 3. The number of rotatable bonds is 7. The van der Waals surface area contributed by atoms with Gasteiger partial charge < -0.3 is 18.8 Å². The fourth-order valence-electron chi connectivity index (χ4n) is 5.03. The molecular weight excluding hydrogens is 480 g/mol. The van der Waals surface area contributed by atoms with E-state index in [2.05, 4.69) is 37.1 Å². The molecule has 1 saturated heterocycles. The van der Waals surface area contributed by atoms with Crippen molar-refractivity contribution in [3.8, 4) is 22.9 Å². The van der Waals surface area contributed by atoms with Crippen molar-refractivity contribution < 1.29 is 14.2 Å². The lowest BCUT2D eigenvalue weighted by atomic mass is 9.94. The van der Waals surface area contributed by atoms with Crippen LogP contribution in [0.4, 0.5) is 0 Å². The van der Waals surface area contributed by atoms with Crippen LogP contribution in [0.5, 0.6) is 5.75 Å². The Kier molecular flexibility index (Phi) is 7.32. The maximum Gasteiger partial charge on any atom is 0.276 e. The van der Waals surface area contributed by atoms with Gasteiger partial charge >= 0.3 is 0 Å². The van der Waals surface area contributed by atoms with Crippen molar-refractivity contribution in [3.05, 3.63) is 81.4 Å². The fourth-order valence-corrected chi connectivity index (χ4v) is 5.03. The van der Waals surface area contributed by atoms with Gasteiger partial charge in [-0.3, -0.25) is 9.48 Å². The summed E-state index contributed by atoms with van der Waals surface area (Å²) < 4.78 is 20.5. The largest absolute Gasteiger partial charge is 0.497 e. The van der Waals surface area contributed by atoms with Gasteiger partial charge in [0.1, 0.15) is 17.3 Å². The van der Waals surface area contributed by atoms with Gasteiger partial charge in [-0.15, -0.1) is 0 Å². The van der Waals surface area contributed by atoms with Gasteiger partial charge in [-0.05, 0) is 67.5 Å². The number of fused-ring (bicyclic) bond motifs is 1. The first kappa shape index (κ1) is 25.7. The van der Waals surface area contributed by atoms with Crippen LogP contribution in [0.25, 0.3) is 22.0 Å². The third-order valence-electron chi connectivity index (χ3n) is 7.31. The van der Waals surface area contributed by atoms with Gasteiger partial charge in [0.25, 0.3) is 5.56 Å². The van der Waals surface area contributed by atoms with Crippen LogP contribution in [0, 0.1) is 25.2 Å². The minimum absolute atomic E-state index is 0.234. The summed E-state index contributed by atoms with van der Waals surface area (Å²) >= 11 is 0. The van der Waals surface area contributed by atoms with E-state index >= 15 is 0 Å². The average molecular weight is 513 g/mol. The molecule has 2 aromatic heterocycles. The second-order valence-corrected chi connectivity index (χ2v) is 9.78. The average Bonchev–Trinajstić information content (AvgIpc) is 3.35. The van der Waals surface area contributed by atoms with Gasteiger partial charge in [0.2, 0.25) is 0 Å². The lowest BCUT2D eigenvalue weighted by Gasteiger charge is -2.27. The molecule has 2 aromatic carbocycles. The molecule has 0 amide bonds. The van der Waals surface area contributed by atoms with Gasteiger partial charge in [-0.25, -0.2) is 0 Å². The third kappa shape index (κ3) is 4.83. The van der Waals surface area contributed by atoms with Gasteiger partial charge in [0.15, 0.2) is 12.4 Å². The van der Waals surface area contributed by atoms with Crippen molar-refractivity contribution in [1.29, 1.82) is 5.26 Å². The highest BCUT2D eigenvalue weighted by Crippen LogP contribution is 2.37. The number of nitriles is 1. The van der Waals surface area contributed by atoms with Crippen LogP contribution in [-0.4, -0.2) is 34.4 Å². The number of methoxy groups -OCH3 is 1. The minimum Gasteiger partial charge on any atom is -0.497 e. The van der Waals surface area contributed by atoms with Crippen LogP contribution in [0.1, 0.15) is 47.8 Å². The summed E-state index contributed by atoms with van der Waals surface area (Å²) in [5.74, 6) is 0.765. The molecule has 2 unspecified atom stereocenters. The van der Waals surface area contributed by atoms with Gasteiger partial charge in [0.05, 0.1) is 25.5 Å². The maximum atomic E-state index is 13.8. The summed E-state index contributed by atoms with van der Waals surface area (Å²) in [6.07, 6.45) is 2.92. The summed E-state index contributed by atoms with van der Waals surface area (Å²) in [6.45, 7) is 5.13. The van der Waals surface area contributed by atoms with Crippen molar-refractivity contribution >= 4 is 10.9 Å². The summed E-state index contributed by atoms with van der Waals surface area (Å²) in [4.78, 5) is 13.8. The predicted octanol–water partition coefficient (Wildman–Crippen LogP) is 5.18. The molecule has 8 heteroatoms. The molecule has 196 valence electrons. The molecule has 0 aliphatic carbocycles. The maximum absolute atomic E-state index is 13.8. The molecule has 38 heavy (non-hydrogen) atoms. The van der Waals surface area contributed by atoms with Crippen LogP contribution >= 0.6 is 0 Å². The van der Waals surface area contributed by atoms with Gasteiger partial charge in [-0.2, -0.15) is 10.4 Å². The van der Waals surface area contributed by atoms with E-state index in [0.29, 0.717) is 36.2 Å². The van der Waals surface area contributed by atoms with Gasteiger partial charge in [0, 0.05) is 24.6 Å². The van der Waals surface area contributed by atoms with E-state index in [1.54, 1.807) is 25.0 Å². The zero-order chi connectivity index (χ0) is 26.8. The molecule has 4 aromatic rings. The van der Waals surface area contributed by atoms with Crippen LogP contribution in [0.15, 0.2) is 53.5 Å². The number of aromatic nitrogens is 3. The topological polar surface area (TPSA) is 91.3 Å². The molecule has 1 fully saturated rings. The molecule has 5 rings (SSSR count). The fraction of sp³-hybridized carbons (Fsp3) is 0.367. The number of pyridine rings is 1. The Bertz CT molecular complexity index is 1560. The van der Waals surface area contributed by atoms with E-state index in [9.17, 15) is 10.1 Å². The van der Waals surface area contributed by atoms with Crippen molar-refractivity contribution in [3.63, 3.8) is 0 Å². The third-order valence-corrected chi connectivity index (χ3v) is 7.31. The Hall–Kier alpha value is -3.93. The van der Waals surface area contributed by atoms with Crippen molar-refractivity contribution in [2.75, 3.05) is 13.7 Å². The van der Waals surface area contributed by atoms with Crippen molar-refractivity contribution in [2.24, 2.45) is 7.05 Å². The Morgan fingerprint density at radius 1 is 1.16 bits per heavy atom. The molecule has 1 aliphatic rings. The Labute approximate surface area is 222 Å². The van der Waals surface area contributed by atoms with E-state index < -0.39 is 12.4 Å². The summed E-state index contributed by atoms with van der Waals surface area (Å²) in [7, 11) is 3.33. The van der Waals surface area contributed by atoms with Crippen LogP contribution < -0.4 is 10.3 Å². The van der Waals surface area contributed by atoms with Gasteiger partial charge in [-0.1, -0.05) is 30.3 Å². The molecule has 0 saturated carbocycles. The molecule has 1 aliphatic heterocycles. The lowest BCUT2D eigenvalue weighted by molar-refractivity contribution is -0.179. The predicted molar refractivity (Wildman–Crippen MR) is 145 cm³/mol. The number of aryl methyl sites for hydroxylation is 2. The standard InChI is InChI=1S/C30H32N4O4/c1-19-8-11-22(15-20(19)2)27-24-17-32-34(18-21-9-12-23(36-4)13-10-21)28(24)30(35)33(3)29(27)25(16-31)38-26-7-5-6-14-37-26/h8-13,15,17,25-26H,5-7,14,18H2,1-4H3. The van der Waals surface area contributed by atoms with Crippen LogP contribution in [0.2, 0.25) is 0 Å². The smallest absolute Gasteiger partial charge is 0.276 e. The highest BCUT2D eigenvalue weighted by atomic mass is 16.7. The molecule has 8 nitrogen and oxygen atoms in total. The first-order chi connectivity index (χ1) is 18.4. The highest BCUT2D eigenvalue weighted by Gasteiger charge is 2.29. The number of nitrogens with zero attached hydrogens (tertiary/aromatic N) is 4. The summed E-state index contributed by atoms with van der Waals surface area (Å²) in [5, 5.41) is 15.5. The molecule has 2 atom stereocenters. The van der Waals surface area contributed by atoms with E-state index in [4.69, 9.17) is 14.2 Å². The first-order valence-electron chi connectivity index (χ1n) is 12.9.